The third-order valence-corrected chi connectivity index (χ3v) is 4.07. The van der Waals surface area contributed by atoms with E-state index < -0.39 is 0 Å². The highest BCUT2D eigenvalue weighted by Crippen LogP contribution is 2.39. The lowest BCUT2D eigenvalue weighted by Crippen LogP contribution is -2.16. The molecule has 0 unspecified atom stereocenters. The minimum atomic E-state index is 0.667. The zero-order chi connectivity index (χ0) is 12.4. The molecule has 1 fully saturated rings. The molecule has 2 aliphatic rings. The highest BCUT2D eigenvalue weighted by Gasteiger charge is 2.20. The Morgan fingerprint density at radius 2 is 1.78 bits per heavy atom. The molecule has 0 N–H and O–H groups in total. The summed E-state index contributed by atoms with van der Waals surface area (Å²) in [6.07, 6.45) is 7.30. The maximum absolute atomic E-state index is 5.66. The van der Waals surface area contributed by atoms with Crippen molar-refractivity contribution in [3.05, 3.63) is 35.4 Å². The van der Waals surface area contributed by atoms with Gasteiger partial charge in [0.05, 0.1) is 0 Å². The van der Waals surface area contributed by atoms with Crippen LogP contribution >= 0.6 is 0 Å². The summed E-state index contributed by atoms with van der Waals surface area (Å²) in [4.78, 5) is 0. The topological polar surface area (TPSA) is 18.5 Å². The number of hydrogen-bond donors (Lipinski definition) is 0. The standard InChI is InChI=1S/C16H20O2/c1-2-12-3-5-13(6-4-12)14-7-8-15-16(11-14)18-10-9-17-15/h2,7-8,11,13H,3-6,9-10H2,1H3. The van der Waals surface area contributed by atoms with Crippen molar-refractivity contribution in [1.82, 2.24) is 0 Å². The van der Waals surface area contributed by atoms with Gasteiger partial charge in [-0.1, -0.05) is 17.7 Å². The molecule has 1 heterocycles. The van der Waals surface area contributed by atoms with Crippen LogP contribution in [0.1, 0.15) is 44.1 Å². The molecule has 0 radical (unpaired) electrons. The third kappa shape index (κ3) is 2.24. The lowest BCUT2D eigenvalue weighted by Gasteiger charge is -2.26. The van der Waals surface area contributed by atoms with Gasteiger partial charge < -0.3 is 9.47 Å². The lowest BCUT2D eigenvalue weighted by atomic mass is 9.81. The molecule has 0 amide bonds. The quantitative estimate of drug-likeness (QED) is 0.693. The predicted molar refractivity (Wildman–Crippen MR) is 72.4 cm³/mol. The molecule has 18 heavy (non-hydrogen) atoms. The van der Waals surface area contributed by atoms with E-state index in [1.807, 2.05) is 0 Å². The Labute approximate surface area is 109 Å². The molecule has 1 saturated carbocycles. The molecular weight excluding hydrogens is 224 g/mol. The first kappa shape index (κ1) is 11.6. The van der Waals surface area contributed by atoms with Crippen LogP contribution in [-0.4, -0.2) is 13.2 Å². The maximum atomic E-state index is 5.66. The average molecular weight is 244 g/mol. The first-order valence-electron chi connectivity index (χ1n) is 6.90. The summed E-state index contributed by atoms with van der Waals surface area (Å²) in [5, 5.41) is 0. The summed E-state index contributed by atoms with van der Waals surface area (Å²) in [7, 11) is 0. The molecule has 1 aromatic carbocycles. The Bertz CT molecular complexity index is 452. The molecular formula is C16H20O2. The number of rotatable bonds is 1. The number of ether oxygens (including phenoxy) is 2. The van der Waals surface area contributed by atoms with Crippen LogP contribution in [0.2, 0.25) is 0 Å². The molecule has 2 nitrogen and oxygen atoms in total. The zero-order valence-electron chi connectivity index (χ0n) is 10.9. The molecule has 96 valence electrons. The van der Waals surface area contributed by atoms with E-state index in [4.69, 9.17) is 9.47 Å². The normalized spacial score (nSPS) is 22.7. The van der Waals surface area contributed by atoms with Crippen LogP contribution in [0.3, 0.4) is 0 Å². The van der Waals surface area contributed by atoms with Gasteiger partial charge in [0.2, 0.25) is 0 Å². The van der Waals surface area contributed by atoms with Crippen molar-refractivity contribution in [3.63, 3.8) is 0 Å². The van der Waals surface area contributed by atoms with E-state index in [1.165, 1.54) is 31.2 Å². The second kappa shape index (κ2) is 5.05. The van der Waals surface area contributed by atoms with Gasteiger partial charge in [-0.2, -0.15) is 0 Å². The second-order valence-corrected chi connectivity index (χ2v) is 5.12. The van der Waals surface area contributed by atoms with Crippen molar-refractivity contribution in [2.75, 3.05) is 13.2 Å². The van der Waals surface area contributed by atoms with Gasteiger partial charge in [0.1, 0.15) is 13.2 Å². The Balaban J connectivity index is 1.77. The average Bonchev–Trinajstić information content (AvgIpc) is 2.47. The number of benzene rings is 1. The summed E-state index contributed by atoms with van der Waals surface area (Å²) in [6.45, 7) is 3.49. The fraction of sp³-hybridized carbons (Fsp3) is 0.500. The van der Waals surface area contributed by atoms with Crippen LogP contribution in [0.5, 0.6) is 11.5 Å². The van der Waals surface area contributed by atoms with Gasteiger partial charge in [0.25, 0.3) is 0 Å². The van der Waals surface area contributed by atoms with Gasteiger partial charge in [0.15, 0.2) is 11.5 Å². The van der Waals surface area contributed by atoms with E-state index in [2.05, 4.69) is 31.2 Å². The van der Waals surface area contributed by atoms with Crippen LogP contribution in [-0.2, 0) is 0 Å². The van der Waals surface area contributed by atoms with Crippen molar-refractivity contribution >= 4 is 0 Å². The zero-order valence-corrected chi connectivity index (χ0v) is 10.9. The van der Waals surface area contributed by atoms with E-state index >= 15 is 0 Å². The van der Waals surface area contributed by atoms with Gasteiger partial charge in [-0.25, -0.2) is 0 Å². The maximum Gasteiger partial charge on any atom is 0.161 e. The van der Waals surface area contributed by atoms with E-state index in [0.717, 1.165) is 11.5 Å². The van der Waals surface area contributed by atoms with Crippen molar-refractivity contribution in [2.45, 2.75) is 38.5 Å². The monoisotopic (exact) mass is 244 g/mol. The fourth-order valence-electron chi connectivity index (χ4n) is 2.92. The Hall–Kier alpha value is -1.44. The molecule has 0 spiro atoms. The summed E-state index contributed by atoms with van der Waals surface area (Å²) >= 11 is 0. The largest absolute Gasteiger partial charge is 0.486 e. The van der Waals surface area contributed by atoms with Gasteiger partial charge in [-0.3, -0.25) is 0 Å². The van der Waals surface area contributed by atoms with Crippen LogP contribution in [0.25, 0.3) is 0 Å². The molecule has 1 aliphatic carbocycles. The summed E-state index contributed by atoms with van der Waals surface area (Å²) in [5.41, 5.74) is 3.03. The van der Waals surface area contributed by atoms with E-state index in [1.54, 1.807) is 5.57 Å². The van der Waals surface area contributed by atoms with Crippen molar-refractivity contribution in [1.29, 1.82) is 0 Å². The van der Waals surface area contributed by atoms with Crippen molar-refractivity contribution in [3.8, 4) is 11.5 Å². The molecule has 0 aromatic heterocycles. The van der Waals surface area contributed by atoms with Crippen LogP contribution < -0.4 is 9.47 Å². The Kier molecular flexibility index (Phi) is 3.26. The smallest absolute Gasteiger partial charge is 0.161 e. The molecule has 3 rings (SSSR count). The van der Waals surface area contributed by atoms with Crippen LogP contribution in [0.4, 0.5) is 0 Å². The molecule has 0 saturated heterocycles. The van der Waals surface area contributed by atoms with Crippen LogP contribution in [0, 0.1) is 0 Å². The summed E-state index contributed by atoms with van der Waals surface area (Å²) in [5.74, 6) is 2.51. The molecule has 2 heteroatoms. The Morgan fingerprint density at radius 1 is 1.06 bits per heavy atom. The van der Waals surface area contributed by atoms with Gasteiger partial charge in [0, 0.05) is 0 Å². The number of allylic oxidation sites excluding steroid dienone is 2. The van der Waals surface area contributed by atoms with E-state index in [0.29, 0.717) is 19.1 Å². The number of hydrogen-bond acceptors (Lipinski definition) is 2. The first-order valence-corrected chi connectivity index (χ1v) is 6.90. The van der Waals surface area contributed by atoms with Gasteiger partial charge >= 0.3 is 0 Å². The number of fused-ring (bicyclic) bond motifs is 1. The summed E-state index contributed by atoms with van der Waals surface area (Å²) in [6, 6.07) is 6.45. The first-order chi connectivity index (χ1) is 8.86. The molecule has 1 aliphatic heterocycles. The van der Waals surface area contributed by atoms with Gasteiger partial charge in [-0.15, -0.1) is 0 Å². The van der Waals surface area contributed by atoms with E-state index in [9.17, 15) is 0 Å². The SMILES string of the molecule is CC=C1CCC(c2ccc3c(c2)OCCO3)CC1. The second-order valence-electron chi connectivity index (χ2n) is 5.12. The van der Waals surface area contributed by atoms with Crippen molar-refractivity contribution < 1.29 is 9.47 Å². The molecule has 1 aromatic rings. The van der Waals surface area contributed by atoms with E-state index in [-0.39, 0.29) is 0 Å². The van der Waals surface area contributed by atoms with Crippen molar-refractivity contribution in [2.24, 2.45) is 0 Å². The van der Waals surface area contributed by atoms with Crippen LogP contribution in [0.15, 0.2) is 29.8 Å². The minimum Gasteiger partial charge on any atom is -0.486 e. The minimum absolute atomic E-state index is 0.667. The molecule has 0 bridgehead atoms. The fourth-order valence-corrected chi connectivity index (χ4v) is 2.92. The Morgan fingerprint density at radius 3 is 2.50 bits per heavy atom. The molecule has 0 atom stereocenters. The van der Waals surface area contributed by atoms with Gasteiger partial charge in [-0.05, 0) is 56.2 Å². The lowest BCUT2D eigenvalue weighted by molar-refractivity contribution is 0.171. The highest BCUT2D eigenvalue weighted by molar-refractivity contribution is 5.45. The summed E-state index contributed by atoms with van der Waals surface area (Å²) < 4.78 is 11.2. The third-order valence-electron chi connectivity index (χ3n) is 4.07. The predicted octanol–water partition coefficient (Wildman–Crippen LogP) is 4.06. The highest BCUT2D eigenvalue weighted by atomic mass is 16.6.